The van der Waals surface area contributed by atoms with Gasteiger partial charge in [0.2, 0.25) is 0 Å². The zero-order valence-corrected chi connectivity index (χ0v) is 11.0. The van der Waals surface area contributed by atoms with Crippen molar-refractivity contribution >= 4 is 15.9 Å². The molecule has 0 bridgehead atoms. The first kappa shape index (κ1) is 12.7. The molecule has 1 aromatic carbocycles. The largest absolute Gasteiger partial charge is 0.392 e. The normalized spacial score (nSPS) is 13.9. The average molecular weight is 272 g/mol. The summed E-state index contributed by atoms with van der Waals surface area (Å²) in [5.74, 6) is 0. The van der Waals surface area contributed by atoms with E-state index >= 15 is 0 Å². The Morgan fingerprint density at radius 2 is 1.87 bits per heavy atom. The Morgan fingerprint density at radius 3 is 2.33 bits per heavy atom. The van der Waals surface area contributed by atoms with Crippen LogP contribution >= 0.6 is 15.9 Å². The zero-order valence-electron chi connectivity index (χ0n) is 9.42. The third kappa shape index (κ3) is 3.93. The van der Waals surface area contributed by atoms with Crippen molar-refractivity contribution in [2.24, 2.45) is 0 Å². The van der Waals surface area contributed by atoms with E-state index in [2.05, 4.69) is 33.4 Å². The van der Waals surface area contributed by atoms with E-state index in [4.69, 9.17) is 0 Å². The zero-order chi connectivity index (χ0) is 11.5. The highest BCUT2D eigenvalue weighted by Crippen LogP contribution is 2.13. The maximum absolute atomic E-state index is 9.53. The van der Waals surface area contributed by atoms with Crippen LogP contribution < -0.4 is 5.32 Å². The van der Waals surface area contributed by atoms with Gasteiger partial charge in [0.05, 0.1) is 6.10 Å². The lowest BCUT2D eigenvalue weighted by Crippen LogP contribution is -2.47. The smallest absolute Gasteiger partial charge is 0.0688 e. The summed E-state index contributed by atoms with van der Waals surface area (Å²) in [6.45, 7) is 6.56. The number of halogens is 1. The Bertz CT molecular complexity index is 306. The standard InChI is InChI=1S/C12H18BrNO/c1-9(15)12(2,3)14-8-10-4-6-11(13)7-5-10/h4-7,9,14-15H,8H2,1-3H3. The predicted molar refractivity (Wildman–Crippen MR) is 66.7 cm³/mol. The van der Waals surface area contributed by atoms with Gasteiger partial charge >= 0.3 is 0 Å². The van der Waals surface area contributed by atoms with Gasteiger partial charge in [0.15, 0.2) is 0 Å². The summed E-state index contributed by atoms with van der Waals surface area (Å²) in [4.78, 5) is 0. The molecule has 3 heteroatoms. The molecule has 1 atom stereocenters. The fraction of sp³-hybridized carbons (Fsp3) is 0.500. The Morgan fingerprint density at radius 1 is 1.33 bits per heavy atom. The topological polar surface area (TPSA) is 32.3 Å². The second kappa shape index (κ2) is 5.10. The minimum absolute atomic E-state index is 0.257. The van der Waals surface area contributed by atoms with Crippen LogP contribution in [0.5, 0.6) is 0 Å². The molecule has 0 spiro atoms. The fourth-order valence-electron chi connectivity index (χ4n) is 1.08. The molecule has 0 aliphatic heterocycles. The predicted octanol–water partition coefficient (Wildman–Crippen LogP) is 2.70. The van der Waals surface area contributed by atoms with Crippen LogP contribution in [-0.2, 0) is 6.54 Å². The van der Waals surface area contributed by atoms with E-state index in [9.17, 15) is 5.11 Å². The van der Waals surface area contributed by atoms with Crippen LogP contribution in [0.3, 0.4) is 0 Å². The number of aliphatic hydroxyl groups is 1. The van der Waals surface area contributed by atoms with Gasteiger partial charge in [-0.1, -0.05) is 28.1 Å². The summed E-state index contributed by atoms with van der Waals surface area (Å²) in [6.07, 6.45) is -0.368. The summed E-state index contributed by atoms with van der Waals surface area (Å²) in [7, 11) is 0. The van der Waals surface area contributed by atoms with Crippen LogP contribution in [0.4, 0.5) is 0 Å². The van der Waals surface area contributed by atoms with E-state index in [0.717, 1.165) is 11.0 Å². The molecule has 1 rings (SSSR count). The number of rotatable bonds is 4. The van der Waals surface area contributed by atoms with Crippen LogP contribution in [0, 0.1) is 0 Å². The summed E-state index contributed by atoms with van der Waals surface area (Å²) in [5.41, 5.74) is 0.958. The Balaban J connectivity index is 2.54. The highest BCUT2D eigenvalue weighted by Gasteiger charge is 2.22. The van der Waals surface area contributed by atoms with Gasteiger partial charge < -0.3 is 10.4 Å². The van der Waals surface area contributed by atoms with Crippen molar-refractivity contribution in [3.05, 3.63) is 34.3 Å². The highest BCUT2D eigenvalue weighted by molar-refractivity contribution is 9.10. The van der Waals surface area contributed by atoms with Crippen molar-refractivity contribution in [3.63, 3.8) is 0 Å². The molecule has 2 N–H and O–H groups in total. The maximum atomic E-state index is 9.53. The van der Waals surface area contributed by atoms with Crippen molar-refractivity contribution in [2.75, 3.05) is 0 Å². The Hall–Kier alpha value is -0.380. The molecular formula is C12H18BrNO. The number of nitrogens with one attached hydrogen (secondary N) is 1. The minimum atomic E-state index is -0.368. The third-order valence-corrected chi connectivity index (χ3v) is 3.23. The summed E-state index contributed by atoms with van der Waals surface area (Å²) >= 11 is 3.40. The van der Waals surface area contributed by atoms with Crippen LogP contribution in [-0.4, -0.2) is 16.7 Å². The lowest BCUT2D eigenvalue weighted by Gasteiger charge is -2.29. The molecule has 0 aromatic heterocycles. The molecule has 1 unspecified atom stereocenters. The second-order valence-electron chi connectivity index (χ2n) is 4.38. The van der Waals surface area contributed by atoms with Crippen LogP contribution in [0.2, 0.25) is 0 Å². The molecule has 0 fully saturated rings. The molecule has 0 saturated heterocycles. The van der Waals surface area contributed by atoms with Gasteiger partial charge in [-0.15, -0.1) is 0 Å². The van der Waals surface area contributed by atoms with Gasteiger partial charge in [0.25, 0.3) is 0 Å². The Kier molecular flexibility index (Phi) is 4.32. The molecule has 15 heavy (non-hydrogen) atoms. The van der Waals surface area contributed by atoms with Crippen molar-refractivity contribution in [1.82, 2.24) is 5.32 Å². The molecule has 84 valence electrons. The van der Waals surface area contributed by atoms with Gasteiger partial charge in [0, 0.05) is 16.6 Å². The van der Waals surface area contributed by atoms with Crippen molar-refractivity contribution in [1.29, 1.82) is 0 Å². The van der Waals surface area contributed by atoms with Gasteiger partial charge in [-0.3, -0.25) is 0 Å². The number of hydrogen-bond donors (Lipinski definition) is 2. The first-order valence-corrected chi connectivity index (χ1v) is 5.88. The number of hydrogen-bond acceptors (Lipinski definition) is 2. The molecule has 0 amide bonds. The van der Waals surface area contributed by atoms with E-state index in [0.29, 0.717) is 0 Å². The molecule has 0 saturated carbocycles. The monoisotopic (exact) mass is 271 g/mol. The van der Waals surface area contributed by atoms with Gasteiger partial charge in [-0.2, -0.15) is 0 Å². The van der Waals surface area contributed by atoms with Gasteiger partial charge in [-0.05, 0) is 38.5 Å². The van der Waals surface area contributed by atoms with E-state index in [-0.39, 0.29) is 11.6 Å². The molecule has 0 radical (unpaired) electrons. The number of aliphatic hydroxyl groups excluding tert-OH is 1. The third-order valence-electron chi connectivity index (χ3n) is 2.71. The Labute approximate surface area is 99.8 Å². The average Bonchev–Trinajstić information content (AvgIpc) is 2.17. The fourth-order valence-corrected chi connectivity index (χ4v) is 1.34. The summed E-state index contributed by atoms with van der Waals surface area (Å²) in [6, 6.07) is 8.17. The number of benzene rings is 1. The van der Waals surface area contributed by atoms with Crippen molar-refractivity contribution in [2.45, 2.75) is 39.0 Å². The second-order valence-corrected chi connectivity index (χ2v) is 5.29. The quantitative estimate of drug-likeness (QED) is 0.883. The maximum Gasteiger partial charge on any atom is 0.0688 e. The molecule has 0 aliphatic carbocycles. The van der Waals surface area contributed by atoms with Crippen LogP contribution in [0.15, 0.2) is 28.7 Å². The van der Waals surface area contributed by atoms with E-state index < -0.39 is 0 Å². The van der Waals surface area contributed by atoms with Crippen molar-refractivity contribution in [3.8, 4) is 0 Å². The first-order valence-electron chi connectivity index (χ1n) is 5.09. The lowest BCUT2D eigenvalue weighted by molar-refractivity contribution is 0.0956. The van der Waals surface area contributed by atoms with Crippen LogP contribution in [0.25, 0.3) is 0 Å². The van der Waals surface area contributed by atoms with Crippen molar-refractivity contribution < 1.29 is 5.11 Å². The highest BCUT2D eigenvalue weighted by atomic mass is 79.9. The minimum Gasteiger partial charge on any atom is -0.392 e. The van der Waals surface area contributed by atoms with E-state index in [1.54, 1.807) is 6.92 Å². The first-order chi connectivity index (χ1) is 6.92. The lowest BCUT2D eigenvalue weighted by atomic mass is 9.98. The molecular weight excluding hydrogens is 254 g/mol. The van der Waals surface area contributed by atoms with E-state index in [1.165, 1.54) is 5.56 Å². The SMILES string of the molecule is CC(O)C(C)(C)NCc1ccc(Br)cc1. The molecule has 1 aromatic rings. The molecule has 0 aliphatic rings. The summed E-state index contributed by atoms with van der Waals surface area (Å²) < 4.78 is 1.08. The summed E-state index contributed by atoms with van der Waals surface area (Å²) in [5, 5.41) is 12.9. The van der Waals surface area contributed by atoms with Gasteiger partial charge in [0.1, 0.15) is 0 Å². The molecule has 0 heterocycles. The molecule has 2 nitrogen and oxygen atoms in total. The van der Waals surface area contributed by atoms with Gasteiger partial charge in [-0.25, -0.2) is 0 Å². The van der Waals surface area contributed by atoms with Crippen LogP contribution in [0.1, 0.15) is 26.3 Å². The van der Waals surface area contributed by atoms with E-state index in [1.807, 2.05) is 26.0 Å².